The van der Waals surface area contributed by atoms with Crippen molar-refractivity contribution in [2.24, 2.45) is 11.8 Å². The van der Waals surface area contributed by atoms with Gasteiger partial charge in [-0.25, -0.2) is 4.79 Å². The second kappa shape index (κ2) is 7.07. The molecule has 0 saturated carbocycles. The minimum Gasteiger partial charge on any atom is -0.482 e. The van der Waals surface area contributed by atoms with Crippen LogP contribution >= 0.6 is 0 Å². The van der Waals surface area contributed by atoms with Gasteiger partial charge in [-0.15, -0.1) is 0 Å². The quantitative estimate of drug-likeness (QED) is 0.572. The van der Waals surface area contributed by atoms with Crippen LogP contribution in [0.15, 0.2) is 18.2 Å². The van der Waals surface area contributed by atoms with E-state index in [4.69, 9.17) is 9.84 Å². The summed E-state index contributed by atoms with van der Waals surface area (Å²) in [4.78, 5) is 58.6. The molecule has 0 aromatic heterocycles. The Kier molecular flexibility index (Phi) is 4.83. The Morgan fingerprint density at radius 2 is 1.85 bits per heavy atom. The number of carboxylic acid groups (broad SMARTS) is 1. The number of ether oxygens (including phenoxy) is 1. The number of carboxylic acids is 1. The van der Waals surface area contributed by atoms with Crippen molar-refractivity contribution in [2.75, 3.05) is 6.61 Å². The van der Waals surface area contributed by atoms with Gasteiger partial charge in [0, 0.05) is 23.5 Å². The van der Waals surface area contributed by atoms with Gasteiger partial charge >= 0.3 is 5.97 Å². The van der Waals surface area contributed by atoms with Crippen molar-refractivity contribution in [1.29, 1.82) is 0 Å². The zero-order chi connectivity index (χ0) is 18.8. The lowest BCUT2D eigenvalue weighted by atomic mass is 9.88. The summed E-state index contributed by atoms with van der Waals surface area (Å²) in [5.74, 6) is -3.49. The highest BCUT2D eigenvalue weighted by atomic mass is 16.5. The molecule has 0 bridgehead atoms. The highest BCUT2D eigenvalue weighted by molar-refractivity contribution is 6.26. The minimum atomic E-state index is -1.14. The van der Waals surface area contributed by atoms with Gasteiger partial charge in [-0.3, -0.25) is 24.5 Å². The number of fused-ring (bicyclic) bond motifs is 1. The lowest BCUT2D eigenvalue weighted by Crippen LogP contribution is -2.40. The van der Waals surface area contributed by atoms with E-state index in [1.807, 2.05) is 0 Å². The summed E-state index contributed by atoms with van der Waals surface area (Å²) in [6.45, 7) is -0.542. The Bertz CT molecular complexity index is 814. The van der Waals surface area contributed by atoms with Gasteiger partial charge in [-0.1, -0.05) is 0 Å². The number of carbonyl (C=O) groups is 5. The van der Waals surface area contributed by atoms with Crippen molar-refractivity contribution in [3.05, 3.63) is 29.3 Å². The molecule has 1 heterocycles. The molecule has 2 aliphatic rings. The summed E-state index contributed by atoms with van der Waals surface area (Å²) in [5, 5.41) is 10.9. The van der Waals surface area contributed by atoms with Crippen LogP contribution in [0.25, 0.3) is 0 Å². The van der Waals surface area contributed by atoms with Gasteiger partial charge in [0.1, 0.15) is 5.75 Å². The maximum atomic E-state index is 12.6. The standard InChI is InChI=1S/C18H17NO7/c20-14-6-2-9(18(25)19-14)1-4-12-16(23)11-5-3-10(26-8-15(21)22)7-13(11)17(12)24/h3,5,7,9,12H,1-2,4,6,8H2,(H,21,22)(H,19,20,25). The first-order valence-corrected chi connectivity index (χ1v) is 8.27. The molecule has 2 amide bonds. The first-order valence-electron chi connectivity index (χ1n) is 8.27. The summed E-state index contributed by atoms with van der Waals surface area (Å²) >= 11 is 0. The van der Waals surface area contributed by atoms with E-state index >= 15 is 0 Å². The number of piperidine rings is 1. The average Bonchev–Trinajstić information content (AvgIpc) is 2.83. The SMILES string of the molecule is O=C(O)COc1ccc2c(c1)C(=O)C(CCC1CCC(=O)NC1=O)C2=O. The summed E-state index contributed by atoms with van der Waals surface area (Å²) in [7, 11) is 0. The number of Topliss-reactive ketones (excluding diaryl/α,β-unsaturated/α-hetero) is 2. The van der Waals surface area contributed by atoms with Crippen LogP contribution < -0.4 is 10.1 Å². The molecule has 2 N–H and O–H groups in total. The summed E-state index contributed by atoms with van der Waals surface area (Å²) < 4.78 is 5.04. The summed E-state index contributed by atoms with van der Waals surface area (Å²) in [5.41, 5.74) is 0.497. The predicted molar refractivity (Wildman–Crippen MR) is 86.8 cm³/mol. The van der Waals surface area contributed by atoms with E-state index in [9.17, 15) is 24.0 Å². The van der Waals surface area contributed by atoms with Crippen LogP contribution in [-0.2, 0) is 14.4 Å². The van der Waals surface area contributed by atoms with Gasteiger partial charge < -0.3 is 9.84 Å². The van der Waals surface area contributed by atoms with E-state index in [1.165, 1.54) is 18.2 Å². The number of carbonyl (C=O) groups excluding carboxylic acids is 4. The second-order valence-electron chi connectivity index (χ2n) is 6.40. The molecule has 8 heteroatoms. The Hall–Kier alpha value is -3.03. The second-order valence-corrected chi connectivity index (χ2v) is 6.40. The fourth-order valence-electron chi connectivity index (χ4n) is 3.32. The van der Waals surface area contributed by atoms with E-state index in [2.05, 4.69) is 5.32 Å². The Morgan fingerprint density at radius 3 is 2.54 bits per heavy atom. The molecule has 26 heavy (non-hydrogen) atoms. The average molecular weight is 359 g/mol. The first-order chi connectivity index (χ1) is 12.4. The smallest absolute Gasteiger partial charge is 0.341 e. The lowest BCUT2D eigenvalue weighted by Gasteiger charge is -2.21. The number of aliphatic carboxylic acids is 1. The van der Waals surface area contributed by atoms with E-state index in [1.54, 1.807) is 0 Å². The van der Waals surface area contributed by atoms with Crippen LogP contribution in [-0.4, -0.2) is 41.1 Å². The fourth-order valence-corrected chi connectivity index (χ4v) is 3.32. The summed E-state index contributed by atoms with van der Waals surface area (Å²) in [6, 6.07) is 4.29. The van der Waals surface area contributed by atoms with Crippen molar-refractivity contribution in [2.45, 2.75) is 25.7 Å². The Labute approximate surface area is 148 Å². The number of ketones is 2. The van der Waals surface area contributed by atoms with Gasteiger partial charge in [0.2, 0.25) is 11.8 Å². The zero-order valence-electron chi connectivity index (χ0n) is 13.8. The predicted octanol–water partition coefficient (Wildman–Crippen LogP) is 0.978. The molecule has 136 valence electrons. The molecule has 2 unspecified atom stereocenters. The Morgan fingerprint density at radius 1 is 1.12 bits per heavy atom. The van der Waals surface area contributed by atoms with E-state index in [0.717, 1.165) is 0 Å². The van der Waals surface area contributed by atoms with Crippen molar-refractivity contribution >= 4 is 29.4 Å². The number of rotatable bonds is 6. The maximum Gasteiger partial charge on any atom is 0.341 e. The van der Waals surface area contributed by atoms with Gasteiger partial charge in [-0.05, 0) is 37.5 Å². The largest absolute Gasteiger partial charge is 0.482 e. The number of imide groups is 1. The number of nitrogens with one attached hydrogen (secondary N) is 1. The third kappa shape index (κ3) is 3.49. The fraction of sp³-hybridized carbons (Fsp3) is 0.389. The molecule has 3 rings (SSSR count). The number of hydrogen-bond donors (Lipinski definition) is 2. The van der Waals surface area contributed by atoms with Crippen molar-refractivity contribution < 1.29 is 33.8 Å². The van der Waals surface area contributed by atoms with Gasteiger partial charge in [-0.2, -0.15) is 0 Å². The van der Waals surface area contributed by atoms with Crippen LogP contribution in [0.2, 0.25) is 0 Å². The van der Waals surface area contributed by atoms with Gasteiger partial charge in [0.05, 0.1) is 5.92 Å². The van der Waals surface area contributed by atoms with E-state index in [0.29, 0.717) is 12.8 Å². The first kappa shape index (κ1) is 17.8. The molecule has 1 saturated heterocycles. The number of hydrogen-bond acceptors (Lipinski definition) is 6. The molecule has 1 fully saturated rings. The van der Waals surface area contributed by atoms with Crippen molar-refractivity contribution in [1.82, 2.24) is 5.32 Å². The maximum absolute atomic E-state index is 12.6. The molecule has 2 atom stereocenters. The van der Waals surface area contributed by atoms with Crippen LogP contribution in [0.3, 0.4) is 0 Å². The zero-order valence-corrected chi connectivity index (χ0v) is 13.8. The van der Waals surface area contributed by atoms with Crippen LogP contribution in [0.1, 0.15) is 46.4 Å². The number of amides is 2. The molecule has 8 nitrogen and oxygen atoms in total. The molecule has 1 aromatic rings. The molecular formula is C18H17NO7. The molecule has 1 aliphatic heterocycles. The van der Waals surface area contributed by atoms with Crippen molar-refractivity contribution in [3.8, 4) is 5.75 Å². The number of benzene rings is 1. The molecule has 0 radical (unpaired) electrons. The summed E-state index contributed by atoms with van der Waals surface area (Å²) in [6.07, 6.45) is 1.24. The van der Waals surface area contributed by atoms with Crippen LogP contribution in [0.5, 0.6) is 5.75 Å². The van der Waals surface area contributed by atoms with Crippen molar-refractivity contribution in [3.63, 3.8) is 0 Å². The molecule has 1 aliphatic carbocycles. The normalized spacial score (nSPS) is 22.2. The monoisotopic (exact) mass is 359 g/mol. The molecular weight excluding hydrogens is 342 g/mol. The van der Waals surface area contributed by atoms with E-state index in [-0.39, 0.29) is 59.0 Å². The van der Waals surface area contributed by atoms with Crippen LogP contribution in [0.4, 0.5) is 0 Å². The minimum absolute atomic E-state index is 0.207. The van der Waals surface area contributed by atoms with Crippen LogP contribution in [0, 0.1) is 11.8 Å². The van der Waals surface area contributed by atoms with Gasteiger partial charge in [0.15, 0.2) is 18.2 Å². The Balaban J connectivity index is 1.67. The third-order valence-electron chi connectivity index (χ3n) is 4.67. The van der Waals surface area contributed by atoms with Gasteiger partial charge in [0.25, 0.3) is 0 Å². The molecule has 0 spiro atoms. The molecule has 1 aromatic carbocycles. The lowest BCUT2D eigenvalue weighted by molar-refractivity contribution is -0.139. The van der Waals surface area contributed by atoms with E-state index < -0.39 is 18.5 Å². The third-order valence-corrected chi connectivity index (χ3v) is 4.67. The highest BCUT2D eigenvalue weighted by Crippen LogP contribution is 2.33. The highest BCUT2D eigenvalue weighted by Gasteiger charge is 2.39. The topological polar surface area (TPSA) is 127 Å².